The van der Waals surface area contributed by atoms with Gasteiger partial charge in [0.2, 0.25) is 5.91 Å². The molecule has 1 amide bonds. The van der Waals surface area contributed by atoms with Gasteiger partial charge in [-0.25, -0.2) is 4.39 Å². The van der Waals surface area contributed by atoms with Crippen LogP contribution in [0.15, 0.2) is 42.5 Å². The number of hydrogen-bond donors (Lipinski definition) is 1. The Hall–Kier alpha value is -2.52. The van der Waals surface area contributed by atoms with Crippen LogP contribution in [0.25, 0.3) is 0 Å². The number of carbonyl (C=O) groups excluding carboxylic acids is 1. The average Bonchev–Trinajstić information content (AvgIpc) is 2.69. The van der Waals surface area contributed by atoms with Gasteiger partial charge in [-0.1, -0.05) is 12.1 Å². The lowest BCUT2D eigenvalue weighted by molar-refractivity contribution is -0.113. The van der Waals surface area contributed by atoms with Crippen LogP contribution in [-0.2, 0) is 10.5 Å². The summed E-state index contributed by atoms with van der Waals surface area (Å²) in [6.07, 6.45) is 3.45. The summed E-state index contributed by atoms with van der Waals surface area (Å²) in [5, 5.41) is 11.7. The molecule has 1 aliphatic rings. The lowest BCUT2D eigenvalue weighted by Gasteiger charge is -2.30. The van der Waals surface area contributed by atoms with Crippen LogP contribution >= 0.6 is 11.8 Å². The number of rotatable bonds is 6. The van der Waals surface area contributed by atoms with Crippen molar-refractivity contribution in [2.24, 2.45) is 0 Å². The van der Waals surface area contributed by atoms with Crippen molar-refractivity contribution >= 4 is 29.0 Å². The Bertz CT molecular complexity index is 826. The van der Waals surface area contributed by atoms with Gasteiger partial charge >= 0.3 is 0 Å². The highest BCUT2D eigenvalue weighted by atomic mass is 32.2. The van der Waals surface area contributed by atoms with E-state index in [2.05, 4.69) is 16.3 Å². The van der Waals surface area contributed by atoms with E-state index in [9.17, 15) is 9.18 Å². The fourth-order valence-electron chi connectivity index (χ4n) is 3.14. The number of thioether (sulfide) groups is 1. The number of nitrogens with one attached hydrogen (secondary N) is 1. The Morgan fingerprint density at radius 1 is 1.15 bits per heavy atom. The van der Waals surface area contributed by atoms with Crippen LogP contribution in [0.5, 0.6) is 0 Å². The molecule has 0 aliphatic carbocycles. The van der Waals surface area contributed by atoms with Crippen LogP contribution in [-0.4, -0.2) is 24.7 Å². The molecule has 0 aromatic heterocycles. The predicted molar refractivity (Wildman–Crippen MR) is 108 cm³/mol. The van der Waals surface area contributed by atoms with Crippen LogP contribution in [0.3, 0.4) is 0 Å². The van der Waals surface area contributed by atoms with Gasteiger partial charge in [-0.15, -0.1) is 11.8 Å². The van der Waals surface area contributed by atoms with Crippen molar-refractivity contribution in [1.82, 2.24) is 0 Å². The van der Waals surface area contributed by atoms with Gasteiger partial charge in [-0.2, -0.15) is 5.26 Å². The van der Waals surface area contributed by atoms with Crippen molar-refractivity contribution in [3.8, 4) is 6.07 Å². The second kappa shape index (κ2) is 9.43. The molecule has 2 aromatic carbocycles. The number of carbonyl (C=O) groups is 1. The second-order valence-corrected chi connectivity index (χ2v) is 7.54. The SMILES string of the molecule is N#Cc1ccc(CSCC(=O)Nc2cc(F)ccc2N2CCCCC2)cc1. The molecule has 2 aromatic rings. The standard InChI is InChI=1S/C21H22FN3OS/c22-18-8-9-20(25-10-2-1-3-11-25)19(12-18)24-21(26)15-27-14-17-6-4-16(13-23)5-7-17/h4-9,12H,1-3,10-11,14-15H2,(H,24,26). The molecule has 0 bridgehead atoms. The van der Waals surface area contributed by atoms with E-state index >= 15 is 0 Å². The summed E-state index contributed by atoms with van der Waals surface area (Å²) in [5.74, 6) is 0.478. The highest BCUT2D eigenvalue weighted by Gasteiger charge is 2.16. The first kappa shape index (κ1) is 19.2. The molecule has 27 heavy (non-hydrogen) atoms. The van der Waals surface area contributed by atoms with Crippen LogP contribution in [0.1, 0.15) is 30.4 Å². The molecule has 1 N–H and O–H groups in total. The van der Waals surface area contributed by atoms with Gasteiger partial charge < -0.3 is 10.2 Å². The first-order valence-corrected chi connectivity index (χ1v) is 10.2. The highest BCUT2D eigenvalue weighted by molar-refractivity contribution is 7.99. The van der Waals surface area contributed by atoms with Crippen molar-refractivity contribution in [1.29, 1.82) is 5.26 Å². The van der Waals surface area contributed by atoms with E-state index in [4.69, 9.17) is 5.26 Å². The Balaban J connectivity index is 1.56. The molecule has 0 atom stereocenters. The van der Waals surface area contributed by atoms with Gasteiger partial charge in [0.05, 0.1) is 28.8 Å². The number of amides is 1. The van der Waals surface area contributed by atoms with Crippen LogP contribution in [0.4, 0.5) is 15.8 Å². The van der Waals surface area contributed by atoms with E-state index in [-0.39, 0.29) is 17.5 Å². The third kappa shape index (κ3) is 5.48. The summed E-state index contributed by atoms with van der Waals surface area (Å²) in [6, 6.07) is 14.0. The van der Waals surface area contributed by atoms with Crippen LogP contribution < -0.4 is 10.2 Å². The quantitative estimate of drug-likeness (QED) is 0.794. The Kier molecular flexibility index (Phi) is 6.72. The summed E-state index contributed by atoms with van der Waals surface area (Å²) >= 11 is 1.49. The lowest BCUT2D eigenvalue weighted by Crippen LogP contribution is -2.30. The smallest absolute Gasteiger partial charge is 0.234 e. The van der Waals surface area contributed by atoms with E-state index < -0.39 is 0 Å². The number of benzene rings is 2. The maximum absolute atomic E-state index is 13.7. The van der Waals surface area contributed by atoms with Crippen LogP contribution in [0, 0.1) is 17.1 Å². The van der Waals surface area contributed by atoms with E-state index in [1.165, 1.54) is 30.3 Å². The predicted octanol–water partition coefficient (Wildman–Crippen LogP) is 4.56. The van der Waals surface area contributed by atoms with Crippen molar-refractivity contribution in [2.75, 3.05) is 29.1 Å². The number of nitriles is 1. The first-order chi connectivity index (χ1) is 13.2. The third-order valence-electron chi connectivity index (χ3n) is 4.51. The molecule has 0 spiro atoms. The van der Waals surface area contributed by atoms with Gasteiger partial charge in [0.15, 0.2) is 0 Å². The number of nitrogens with zero attached hydrogens (tertiary/aromatic N) is 2. The summed E-state index contributed by atoms with van der Waals surface area (Å²) in [7, 11) is 0. The van der Waals surface area contributed by atoms with Gasteiger partial charge in [-0.05, 0) is 55.2 Å². The average molecular weight is 383 g/mol. The second-order valence-electron chi connectivity index (χ2n) is 6.56. The molecule has 0 radical (unpaired) electrons. The van der Waals surface area contributed by atoms with Crippen molar-refractivity contribution < 1.29 is 9.18 Å². The van der Waals surface area contributed by atoms with Gasteiger partial charge in [0.25, 0.3) is 0 Å². The number of piperidine rings is 1. The molecule has 4 nitrogen and oxygen atoms in total. The molecule has 1 saturated heterocycles. The zero-order valence-corrected chi connectivity index (χ0v) is 15.9. The Morgan fingerprint density at radius 3 is 2.59 bits per heavy atom. The van der Waals surface area contributed by atoms with Gasteiger partial charge in [0, 0.05) is 18.8 Å². The van der Waals surface area contributed by atoms with E-state index in [0.29, 0.717) is 17.0 Å². The maximum Gasteiger partial charge on any atom is 0.234 e. The summed E-state index contributed by atoms with van der Waals surface area (Å²) in [4.78, 5) is 14.5. The first-order valence-electron chi connectivity index (χ1n) is 9.07. The third-order valence-corrected chi connectivity index (χ3v) is 5.52. The molecule has 6 heteroatoms. The summed E-state index contributed by atoms with van der Waals surface area (Å²) in [6.45, 7) is 1.86. The Labute approximate surface area is 163 Å². The van der Waals surface area contributed by atoms with Crippen molar-refractivity contribution in [2.45, 2.75) is 25.0 Å². The zero-order valence-electron chi connectivity index (χ0n) is 15.1. The van der Waals surface area contributed by atoms with Crippen molar-refractivity contribution in [3.63, 3.8) is 0 Å². The maximum atomic E-state index is 13.7. The molecule has 140 valence electrons. The molecule has 1 fully saturated rings. The van der Waals surface area contributed by atoms with Crippen LogP contribution in [0.2, 0.25) is 0 Å². The van der Waals surface area contributed by atoms with E-state index in [1.54, 1.807) is 18.2 Å². The fourth-order valence-corrected chi connectivity index (χ4v) is 3.93. The van der Waals surface area contributed by atoms with Gasteiger partial charge in [0.1, 0.15) is 5.82 Å². The van der Waals surface area contributed by atoms with E-state index in [0.717, 1.165) is 37.2 Å². The molecule has 0 unspecified atom stereocenters. The lowest BCUT2D eigenvalue weighted by atomic mass is 10.1. The fraction of sp³-hybridized carbons (Fsp3) is 0.333. The van der Waals surface area contributed by atoms with E-state index in [1.807, 2.05) is 12.1 Å². The summed E-state index contributed by atoms with van der Waals surface area (Å²) in [5.41, 5.74) is 3.12. The molecule has 0 saturated carbocycles. The minimum atomic E-state index is -0.351. The number of halogens is 1. The minimum absolute atomic E-state index is 0.141. The van der Waals surface area contributed by atoms with Crippen molar-refractivity contribution in [3.05, 3.63) is 59.4 Å². The number of anilines is 2. The van der Waals surface area contributed by atoms with Gasteiger partial charge in [-0.3, -0.25) is 4.79 Å². The molecule has 1 aliphatic heterocycles. The molecule has 1 heterocycles. The zero-order chi connectivity index (χ0) is 19.1. The highest BCUT2D eigenvalue weighted by Crippen LogP contribution is 2.29. The minimum Gasteiger partial charge on any atom is -0.370 e. The topological polar surface area (TPSA) is 56.1 Å². The monoisotopic (exact) mass is 383 g/mol. The normalized spacial score (nSPS) is 13.9. The molecular formula is C21H22FN3OS. The molecular weight excluding hydrogens is 361 g/mol. The summed E-state index contributed by atoms with van der Waals surface area (Å²) < 4.78 is 13.7. The largest absolute Gasteiger partial charge is 0.370 e. The molecule has 3 rings (SSSR count). The number of hydrogen-bond acceptors (Lipinski definition) is 4. The Morgan fingerprint density at radius 2 is 1.89 bits per heavy atom.